The lowest BCUT2D eigenvalue weighted by molar-refractivity contribution is 1.50. The zero-order valence-corrected chi connectivity index (χ0v) is 27.6. The molecule has 0 aliphatic carbocycles. The highest BCUT2D eigenvalue weighted by Gasteiger charge is 2.17. The van der Waals surface area contributed by atoms with Crippen LogP contribution >= 0.6 is 0 Å². The second-order valence-corrected chi connectivity index (χ2v) is 12.9. The fraction of sp³-hybridized carbons (Fsp3) is 0. The van der Waals surface area contributed by atoms with Crippen LogP contribution in [0.15, 0.2) is 206 Å². The van der Waals surface area contributed by atoms with E-state index in [0.29, 0.717) is 0 Å². The molecular formula is C50H34. The summed E-state index contributed by atoms with van der Waals surface area (Å²) >= 11 is 0. The third kappa shape index (κ3) is 5.48. The van der Waals surface area contributed by atoms with Crippen molar-refractivity contribution >= 4 is 43.5 Å². The third-order valence-electron chi connectivity index (χ3n) is 9.88. The van der Waals surface area contributed by atoms with Gasteiger partial charge in [-0.05, 0) is 100 Å². The predicted molar refractivity (Wildman–Crippen MR) is 214 cm³/mol. The first kappa shape index (κ1) is 29.6. The van der Waals surface area contributed by atoms with Crippen molar-refractivity contribution < 1.29 is 0 Å². The van der Waals surface area contributed by atoms with E-state index in [1.54, 1.807) is 0 Å². The smallest absolute Gasteiger partial charge is 0.00266 e. The summed E-state index contributed by atoms with van der Waals surface area (Å²) in [7, 11) is 0. The van der Waals surface area contributed by atoms with E-state index >= 15 is 0 Å². The molecule has 0 heterocycles. The summed E-state index contributed by atoms with van der Waals surface area (Å²) in [4.78, 5) is 0. The average Bonchev–Trinajstić information content (AvgIpc) is 3.20. The first-order chi connectivity index (χ1) is 24.8. The number of rotatable bonds is 6. The maximum Gasteiger partial charge on any atom is -0.00266 e. The molecule has 0 atom stereocenters. The largest absolute Gasteiger partial charge is 0.0622 e. The van der Waals surface area contributed by atoms with Crippen LogP contribution in [0, 0.1) is 0 Å². The quantitative estimate of drug-likeness (QED) is 0.126. The summed E-state index contributed by atoms with van der Waals surface area (Å²) in [6.07, 6.45) is 0. The van der Waals surface area contributed by atoms with E-state index in [2.05, 4.69) is 206 Å². The number of benzene rings is 9. The standard InChI is InChI=1S/C50H34/c1-4-14-38(15-5-1)49(39-16-6-2-7-17-39)50(40-18-8-3-9-19-40)44-21-12-20-41(34-44)35-23-25-36(26-24-35)42-28-30-46-43(33-42)29-32-47-45-22-11-10-13-37(45)27-31-48(46)47/h1-34H. The molecule has 0 saturated heterocycles. The van der Waals surface area contributed by atoms with Crippen LogP contribution in [0.1, 0.15) is 22.3 Å². The molecule has 0 unspecified atom stereocenters. The molecule has 0 fully saturated rings. The molecule has 0 saturated carbocycles. The Hall–Kier alpha value is -6.50. The average molecular weight is 635 g/mol. The molecule has 0 amide bonds. The second-order valence-electron chi connectivity index (χ2n) is 12.9. The van der Waals surface area contributed by atoms with E-state index in [-0.39, 0.29) is 0 Å². The van der Waals surface area contributed by atoms with Crippen molar-refractivity contribution in [3.63, 3.8) is 0 Å². The van der Waals surface area contributed by atoms with Crippen LogP contribution in [0.4, 0.5) is 0 Å². The van der Waals surface area contributed by atoms with Gasteiger partial charge in [0.15, 0.2) is 0 Å². The van der Waals surface area contributed by atoms with E-state index in [0.717, 1.165) is 0 Å². The van der Waals surface area contributed by atoms with Crippen LogP contribution < -0.4 is 0 Å². The Kier molecular flexibility index (Phi) is 7.61. The highest BCUT2D eigenvalue weighted by Crippen LogP contribution is 2.39. The van der Waals surface area contributed by atoms with Crippen molar-refractivity contribution in [1.29, 1.82) is 0 Å². The molecule has 50 heavy (non-hydrogen) atoms. The summed E-state index contributed by atoms with van der Waals surface area (Å²) in [6.45, 7) is 0. The van der Waals surface area contributed by atoms with Gasteiger partial charge in [0.25, 0.3) is 0 Å². The minimum Gasteiger partial charge on any atom is -0.0622 e. The van der Waals surface area contributed by atoms with Gasteiger partial charge in [-0.3, -0.25) is 0 Å². The first-order valence-corrected chi connectivity index (χ1v) is 17.3. The zero-order chi connectivity index (χ0) is 33.3. The minimum absolute atomic E-state index is 1.19. The summed E-state index contributed by atoms with van der Waals surface area (Å²) in [5.74, 6) is 0. The van der Waals surface area contributed by atoms with Crippen molar-refractivity contribution in [3.8, 4) is 22.3 Å². The van der Waals surface area contributed by atoms with Gasteiger partial charge in [0.05, 0.1) is 0 Å². The van der Waals surface area contributed by atoms with Crippen LogP contribution in [0.3, 0.4) is 0 Å². The summed E-state index contributed by atoms with van der Waals surface area (Å²) < 4.78 is 0. The van der Waals surface area contributed by atoms with Crippen LogP contribution in [0.2, 0.25) is 0 Å². The fourth-order valence-corrected chi connectivity index (χ4v) is 7.44. The lowest BCUT2D eigenvalue weighted by Crippen LogP contribution is -1.97. The van der Waals surface area contributed by atoms with Gasteiger partial charge in [-0.1, -0.05) is 194 Å². The number of fused-ring (bicyclic) bond motifs is 5. The molecule has 0 aromatic heterocycles. The Morgan fingerprint density at radius 3 is 1.24 bits per heavy atom. The summed E-state index contributed by atoms with van der Waals surface area (Å²) in [5.41, 5.74) is 12.1. The highest BCUT2D eigenvalue weighted by molar-refractivity contribution is 6.17. The van der Waals surface area contributed by atoms with Crippen LogP contribution in [-0.4, -0.2) is 0 Å². The van der Waals surface area contributed by atoms with Crippen LogP contribution in [0.25, 0.3) is 65.7 Å². The molecule has 0 bridgehead atoms. The highest BCUT2D eigenvalue weighted by atomic mass is 14.2. The van der Waals surface area contributed by atoms with Gasteiger partial charge in [-0.15, -0.1) is 0 Å². The van der Waals surface area contributed by atoms with Gasteiger partial charge < -0.3 is 0 Å². The first-order valence-electron chi connectivity index (χ1n) is 17.3. The molecule has 0 aliphatic rings. The van der Waals surface area contributed by atoms with E-state index < -0.39 is 0 Å². The van der Waals surface area contributed by atoms with Crippen molar-refractivity contribution in [2.75, 3.05) is 0 Å². The van der Waals surface area contributed by atoms with Crippen molar-refractivity contribution in [2.45, 2.75) is 0 Å². The number of hydrogen-bond donors (Lipinski definition) is 0. The molecule has 9 rings (SSSR count). The normalized spacial score (nSPS) is 11.2. The van der Waals surface area contributed by atoms with Gasteiger partial charge in [-0.2, -0.15) is 0 Å². The van der Waals surface area contributed by atoms with E-state index in [4.69, 9.17) is 0 Å². The second kappa shape index (κ2) is 12.8. The molecule has 0 heteroatoms. The minimum atomic E-state index is 1.19. The van der Waals surface area contributed by atoms with E-state index in [1.165, 1.54) is 88.0 Å². The molecule has 0 nitrogen and oxygen atoms in total. The summed E-state index contributed by atoms with van der Waals surface area (Å²) in [5, 5.41) is 7.74. The monoisotopic (exact) mass is 634 g/mol. The lowest BCUT2D eigenvalue weighted by atomic mass is 9.85. The lowest BCUT2D eigenvalue weighted by Gasteiger charge is -2.19. The Morgan fingerprint density at radius 2 is 0.640 bits per heavy atom. The van der Waals surface area contributed by atoms with Gasteiger partial charge >= 0.3 is 0 Å². The van der Waals surface area contributed by atoms with Crippen LogP contribution in [-0.2, 0) is 0 Å². The van der Waals surface area contributed by atoms with E-state index in [9.17, 15) is 0 Å². The Balaban J connectivity index is 1.11. The fourth-order valence-electron chi connectivity index (χ4n) is 7.44. The number of hydrogen-bond acceptors (Lipinski definition) is 0. The van der Waals surface area contributed by atoms with Gasteiger partial charge in [0, 0.05) is 0 Å². The molecule has 0 aliphatic heterocycles. The molecule has 0 N–H and O–H groups in total. The molecule has 0 spiro atoms. The molecule has 234 valence electrons. The molecular weight excluding hydrogens is 601 g/mol. The third-order valence-corrected chi connectivity index (χ3v) is 9.88. The predicted octanol–water partition coefficient (Wildman–Crippen LogP) is 13.5. The van der Waals surface area contributed by atoms with Gasteiger partial charge in [0.2, 0.25) is 0 Å². The van der Waals surface area contributed by atoms with Crippen molar-refractivity contribution in [2.24, 2.45) is 0 Å². The molecule has 9 aromatic carbocycles. The van der Waals surface area contributed by atoms with Crippen molar-refractivity contribution in [1.82, 2.24) is 0 Å². The Labute approximate surface area is 293 Å². The van der Waals surface area contributed by atoms with Crippen molar-refractivity contribution in [3.05, 3.63) is 229 Å². The topological polar surface area (TPSA) is 0 Å². The van der Waals surface area contributed by atoms with Gasteiger partial charge in [0.1, 0.15) is 0 Å². The molecule has 9 aromatic rings. The van der Waals surface area contributed by atoms with Gasteiger partial charge in [-0.25, -0.2) is 0 Å². The molecule has 0 radical (unpaired) electrons. The summed E-state index contributed by atoms with van der Waals surface area (Å²) in [6, 6.07) is 74.9. The Bertz CT molecular complexity index is 2610. The zero-order valence-electron chi connectivity index (χ0n) is 27.6. The SMILES string of the molecule is c1ccc(C(=C(c2ccccc2)c2cccc(-c3ccc(-c4ccc5c(ccc6c7ccccc7ccc56)c4)cc3)c2)c2ccccc2)cc1. The maximum absolute atomic E-state index is 2.34. The Morgan fingerprint density at radius 1 is 0.220 bits per heavy atom. The van der Waals surface area contributed by atoms with Crippen LogP contribution in [0.5, 0.6) is 0 Å². The van der Waals surface area contributed by atoms with E-state index in [1.807, 2.05) is 0 Å². The maximum atomic E-state index is 2.34.